The van der Waals surface area contributed by atoms with Crippen molar-refractivity contribution in [3.8, 4) is 11.1 Å². The average Bonchev–Trinajstić information content (AvgIpc) is 2.74. The maximum atomic E-state index is 4.51. The Kier molecular flexibility index (Phi) is 7.50. The van der Waals surface area contributed by atoms with Crippen molar-refractivity contribution in [2.45, 2.75) is 84.5 Å². The van der Waals surface area contributed by atoms with E-state index in [9.17, 15) is 0 Å². The second-order valence-corrected chi connectivity index (χ2v) is 8.54. The summed E-state index contributed by atoms with van der Waals surface area (Å²) in [5, 5.41) is 0. The van der Waals surface area contributed by atoms with Gasteiger partial charge in [0.1, 0.15) is 0 Å². The van der Waals surface area contributed by atoms with Gasteiger partial charge in [-0.15, -0.1) is 0 Å². The Balaban J connectivity index is 1.72. The number of unbranched alkanes of at least 4 members (excludes halogenated alkanes) is 2. The first-order valence-corrected chi connectivity index (χ1v) is 11.3. The predicted molar refractivity (Wildman–Crippen MR) is 117 cm³/mol. The van der Waals surface area contributed by atoms with Crippen molar-refractivity contribution < 1.29 is 0 Å². The van der Waals surface area contributed by atoms with Gasteiger partial charge >= 0.3 is 0 Å². The third kappa shape index (κ3) is 5.00. The van der Waals surface area contributed by atoms with Gasteiger partial charge in [0, 0.05) is 12.4 Å². The van der Waals surface area contributed by atoms with Crippen LogP contribution in [0.4, 0.5) is 0 Å². The number of hydrogen-bond donors (Lipinski definition) is 0. The van der Waals surface area contributed by atoms with Crippen molar-refractivity contribution in [3.63, 3.8) is 0 Å². The Hall–Kier alpha value is -1.63. The molecule has 1 atom stereocenters. The molecule has 1 unspecified atom stereocenters. The number of aryl methyl sites for hydroxylation is 1. The molecule has 3 rings (SSSR count). The molecule has 0 saturated heterocycles. The summed E-state index contributed by atoms with van der Waals surface area (Å²) in [5.41, 5.74) is 5.70. The van der Waals surface area contributed by atoms with Gasteiger partial charge in [0.25, 0.3) is 0 Å². The summed E-state index contributed by atoms with van der Waals surface area (Å²) >= 11 is 0. The molecule has 1 saturated carbocycles. The second kappa shape index (κ2) is 10.1. The zero-order valence-corrected chi connectivity index (χ0v) is 17.6. The Morgan fingerprint density at radius 1 is 0.963 bits per heavy atom. The first-order chi connectivity index (χ1) is 13.2. The molecular weight excluding hydrogens is 326 g/mol. The standard InChI is InChI=1S/C26H37N/c1-4-6-7-10-21-13-15-23(16-14-21)20(3)26-19-27-18-17-25(26)24-12-9-8-11-22(24)5-2/h8-9,11-12,17-21,23H,4-7,10,13-16H2,1-3H3. The van der Waals surface area contributed by atoms with E-state index in [-0.39, 0.29) is 0 Å². The van der Waals surface area contributed by atoms with Gasteiger partial charge in [0.2, 0.25) is 0 Å². The van der Waals surface area contributed by atoms with Crippen molar-refractivity contribution in [2.24, 2.45) is 11.8 Å². The van der Waals surface area contributed by atoms with E-state index in [4.69, 9.17) is 0 Å². The molecular formula is C26H37N. The molecule has 0 aliphatic heterocycles. The highest BCUT2D eigenvalue weighted by molar-refractivity contribution is 5.70. The van der Waals surface area contributed by atoms with Gasteiger partial charge in [-0.25, -0.2) is 0 Å². The summed E-state index contributed by atoms with van der Waals surface area (Å²) in [6.07, 6.45) is 16.5. The fraction of sp³-hybridized carbons (Fsp3) is 0.577. The molecule has 0 bridgehead atoms. The van der Waals surface area contributed by atoms with Crippen LogP contribution in [0.1, 0.15) is 89.2 Å². The lowest BCUT2D eigenvalue weighted by atomic mass is 9.72. The zero-order chi connectivity index (χ0) is 19.1. The predicted octanol–water partition coefficient (Wildman–Crippen LogP) is 7.80. The lowest BCUT2D eigenvalue weighted by molar-refractivity contribution is 0.236. The molecule has 0 spiro atoms. The Bertz CT molecular complexity index is 697. The van der Waals surface area contributed by atoms with Gasteiger partial charge in [-0.1, -0.05) is 83.6 Å². The molecule has 1 heterocycles. The largest absolute Gasteiger partial charge is 0.264 e. The Labute approximate surface area is 166 Å². The van der Waals surface area contributed by atoms with Crippen LogP contribution in [0.2, 0.25) is 0 Å². The van der Waals surface area contributed by atoms with Crippen LogP contribution < -0.4 is 0 Å². The molecule has 1 heteroatoms. The third-order valence-corrected chi connectivity index (χ3v) is 6.85. The summed E-state index contributed by atoms with van der Waals surface area (Å²) in [4.78, 5) is 4.51. The first kappa shape index (κ1) is 20.1. The van der Waals surface area contributed by atoms with Crippen molar-refractivity contribution in [2.75, 3.05) is 0 Å². The molecule has 0 radical (unpaired) electrons. The van der Waals surface area contributed by atoms with E-state index in [0.29, 0.717) is 5.92 Å². The van der Waals surface area contributed by atoms with Crippen LogP contribution in [0.15, 0.2) is 42.7 Å². The highest BCUT2D eigenvalue weighted by Gasteiger charge is 2.27. The summed E-state index contributed by atoms with van der Waals surface area (Å²) in [7, 11) is 0. The SMILES string of the molecule is CCCCCC1CCC(C(C)c2cnccc2-c2ccccc2CC)CC1. The van der Waals surface area contributed by atoms with Crippen LogP contribution in [0.3, 0.4) is 0 Å². The van der Waals surface area contributed by atoms with Crippen molar-refractivity contribution in [3.05, 3.63) is 53.9 Å². The maximum absolute atomic E-state index is 4.51. The lowest BCUT2D eigenvalue weighted by Crippen LogP contribution is -2.19. The van der Waals surface area contributed by atoms with Gasteiger partial charge in [-0.05, 0) is 65.3 Å². The molecule has 0 N–H and O–H groups in total. The number of hydrogen-bond acceptors (Lipinski definition) is 1. The molecule has 146 valence electrons. The van der Waals surface area contributed by atoms with Gasteiger partial charge in [-0.2, -0.15) is 0 Å². The third-order valence-electron chi connectivity index (χ3n) is 6.85. The maximum Gasteiger partial charge on any atom is 0.0308 e. The minimum Gasteiger partial charge on any atom is -0.264 e. The molecule has 1 fully saturated rings. The number of rotatable bonds is 8. The smallest absolute Gasteiger partial charge is 0.0308 e. The molecule has 1 aromatic heterocycles. The minimum absolute atomic E-state index is 0.593. The molecule has 27 heavy (non-hydrogen) atoms. The second-order valence-electron chi connectivity index (χ2n) is 8.54. The molecule has 1 aliphatic carbocycles. The van der Waals surface area contributed by atoms with Crippen LogP contribution in [0.25, 0.3) is 11.1 Å². The van der Waals surface area contributed by atoms with Crippen LogP contribution >= 0.6 is 0 Å². The minimum atomic E-state index is 0.593. The summed E-state index contributed by atoms with van der Waals surface area (Å²) < 4.78 is 0. The first-order valence-electron chi connectivity index (χ1n) is 11.3. The van der Waals surface area contributed by atoms with Crippen molar-refractivity contribution in [1.82, 2.24) is 4.98 Å². The molecule has 0 amide bonds. The van der Waals surface area contributed by atoms with Crippen molar-refractivity contribution >= 4 is 0 Å². The molecule has 1 aromatic carbocycles. The topological polar surface area (TPSA) is 12.9 Å². The van der Waals surface area contributed by atoms with E-state index in [2.05, 4.69) is 62.3 Å². The van der Waals surface area contributed by atoms with E-state index in [1.165, 1.54) is 73.6 Å². The van der Waals surface area contributed by atoms with Crippen LogP contribution in [0, 0.1) is 11.8 Å². The van der Waals surface area contributed by atoms with E-state index in [0.717, 1.165) is 18.3 Å². The van der Waals surface area contributed by atoms with Gasteiger partial charge in [-0.3, -0.25) is 4.98 Å². The average molecular weight is 364 g/mol. The number of nitrogens with zero attached hydrogens (tertiary/aromatic N) is 1. The fourth-order valence-corrected chi connectivity index (χ4v) is 5.02. The van der Waals surface area contributed by atoms with E-state index < -0.39 is 0 Å². The Morgan fingerprint density at radius 3 is 2.48 bits per heavy atom. The quantitative estimate of drug-likeness (QED) is 0.436. The summed E-state index contributed by atoms with van der Waals surface area (Å²) in [6, 6.07) is 11.1. The van der Waals surface area contributed by atoms with E-state index in [1.54, 1.807) is 0 Å². The van der Waals surface area contributed by atoms with Crippen LogP contribution in [-0.4, -0.2) is 4.98 Å². The van der Waals surface area contributed by atoms with Crippen LogP contribution in [-0.2, 0) is 6.42 Å². The van der Waals surface area contributed by atoms with Crippen LogP contribution in [0.5, 0.6) is 0 Å². The normalized spacial score (nSPS) is 21.1. The number of pyridine rings is 1. The number of aromatic nitrogens is 1. The van der Waals surface area contributed by atoms with Crippen molar-refractivity contribution in [1.29, 1.82) is 0 Å². The Morgan fingerprint density at radius 2 is 1.74 bits per heavy atom. The zero-order valence-electron chi connectivity index (χ0n) is 17.6. The molecule has 2 aromatic rings. The number of benzene rings is 1. The lowest BCUT2D eigenvalue weighted by Gasteiger charge is -2.33. The van der Waals surface area contributed by atoms with E-state index in [1.807, 2.05) is 6.20 Å². The highest BCUT2D eigenvalue weighted by atomic mass is 14.6. The molecule has 1 nitrogen and oxygen atoms in total. The van der Waals surface area contributed by atoms with E-state index >= 15 is 0 Å². The van der Waals surface area contributed by atoms with Gasteiger partial charge in [0.15, 0.2) is 0 Å². The highest BCUT2D eigenvalue weighted by Crippen LogP contribution is 2.42. The fourth-order valence-electron chi connectivity index (χ4n) is 5.02. The summed E-state index contributed by atoms with van der Waals surface area (Å²) in [5.74, 6) is 2.38. The van der Waals surface area contributed by atoms with Gasteiger partial charge in [0.05, 0.1) is 0 Å². The van der Waals surface area contributed by atoms with Gasteiger partial charge < -0.3 is 0 Å². The monoisotopic (exact) mass is 363 g/mol. The molecule has 1 aliphatic rings. The summed E-state index contributed by atoms with van der Waals surface area (Å²) in [6.45, 7) is 7.00.